The second kappa shape index (κ2) is 7.20. The van der Waals surface area contributed by atoms with E-state index in [-0.39, 0.29) is 11.5 Å². The summed E-state index contributed by atoms with van der Waals surface area (Å²) in [6.45, 7) is 11.5. The van der Waals surface area contributed by atoms with E-state index in [1.165, 1.54) is 5.56 Å². The van der Waals surface area contributed by atoms with Crippen LogP contribution >= 0.6 is 0 Å². The SMILES string of the molecule is CCOCCN(C)C(CN)c1cn(C)nc1C(C)(C)C. The molecule has 1 atom stereocenters. The average molecular weight is 282 g/mol. The van der Waals surface area contributed by atoms with Gasteiger partial charge in [0.2, 0.25) is 0 Å². The van der Waals surface area contributed by atoms with Gasteiger partial charge in [-0.15, -0.1) is 0 Å². The maximum atomic E-state index is 6.01. The van der Waals surface area contributed by atoms with E-state index in [0.29, 0.717) is 6.54 Å². The van der Waals surface area contributed by atoms with E-state index >= 15 is 0 Å². The van der Waals surface area contributed by atoms with Gasteiger partial charge in [-0.2, -0.15) is 5.10 Å². The molecule has 0 spiro atoms. The molecule has 0 aliphatic heterocycles. The normalized spacial score (nSPS) is 14.0. The number of aromatic nitrogens is 2. The molecule has 0 saturated heterocycles. The van der Waals surface area contributed by atoms with Crippen molar-refractivity contribution >= 4 is 0 Å². The van der Waals surface area contributed by atoms with Crippen molar-refractivity contribution in [3.63, 3.8) is 0 Å². The van der Waals surface area contributed by atoms with Gasteiger partial charge in [0.1, 0.15) is 0 Å². The standard InChI is InChI=1S/C15H30N4O/c1-7-20-9-8-18(5)13(10-16)12-11-19(6)17-14(12)15(2,3)4/h11,13H,7-10,16H2,1-6H3. The smallest absolute Gasteiger partial charge is 0.0726 e. The molecule has 1 heterocycles. The van der Waals surface area contributed by atoms with Gasteiger partial charge in [-0.1, -0.05) is 20.8 Å². The number of nitrogens with zero attached hydrogens (tertiary/aromatic N) is 3. The quantitative estimate of drug-likeness (QED) is 0.773. The van der Waals surface area contributed by atoms with Crippen molar-refractivity contribution in [2.45, 2.75) is 39.2 Å². The van der Waals surface area contributed by atoms with E-state index in [1.807, 2.05) is 18.7 Å². The minimum atomic E-state index is 0.0186. The van der Waals surface area contributed by atoms with Crippen molar-refractivity contribution in [2.24, 2.45) is 12.8 Å². The molecule has 0 radical (unpaired) electrons. The Hall–Kier alpha value is -0.910. The van der Waals surface area contributed by atoms with Crippen LogP contribution < -0.4 is 5.73 Å². The van der Waals surface area contributed by atoms with Gasteiger partial charge in [-0.3, -0.25) is 9.58 Å². The molecule has 0 amide bonds. The molecule has 1 unspecified atom stereocenters. The molecule has 1 aromatic heterocycles. The van der Waals surface area contributed by atoms with E-state index in [0.717, 1.165) is 25.5 Å². The van der Waals surface area contributed by atoms with Crippen molar-refractivity contribution < 1.29 is 4.74 Å². The fourth-order valence-electron chi connectivity index (χ4n) is 2.39. The van der Waals surface area contributed by atoms with Gasteiger partial charge in [0.15, 0.2) is 0 Å². The zero-order valence-electron chi connectivity index (χ0n) is 13.8. The van der Waals surface area contributed by atoms with E-state index < -0.39 is 0 Å². The molecule has 0 fully saturated rings. The van der Waals surface area contributed by atoms with E-state index in [1.54, 1.807) is 0 Å². The summed E-state index contributed by atoms with van der Waals surface area (Å²) in [4.78, 5) is 2.25. The molecule has 20 heavy (non-hydrogen) atoms. The Balaban J connectivity index is 2.94. The molecule has 1 aromatic rings. The second-order valence-electron chi connectivity index (χ2n) is 6.29. The Bertz CT molecular complexity index is 408. The van der Waals surface area contributed by atoms with Crippen LogP contribution in [0.15, 0.2) is 6.20 Å². The zero-order valence-corrected chi connectivity index (χ0v) is 13.8. The first-order valence-corrected chi connectivity index (χ1v) is 7.33. The third-order valence-corrected chi connectivity index (χ3v) is 3.47. The summed E-state index contributed by atoms with van der Waals surface area (Å²) in [5.74, 6) is 0. The Morgan fingerprint density at radius 2 is 2.10 bits per heavy atom. The lowest BCUT2D eigenvalue weighted by Gasteiger charge is -2.29. The van der Waals surface area contributed by atoms with Crippen molar-refractivity contribution in [1.29, 1.82) is 0 Å². The van der Waals surface area contributed by atoms with Crippen LogP contribution in [0.4, 0.5) is 0 Å². The predicted molar refractivity (Wildman–Crippen MR) is 82.8 cm³/mol. The lowest BCUT2D eigenvalue weighted by molar-refractivity contribution is 0.108. The van der Waals surface area contributed by atoms with Gasteiger partial charge in [-0.25, -0.2) is 0 Å². The van der Waals surface area contributed by atoms with Crippen LogP contribution in [0.1, 0.15) is 45.0 Å². The Morgan fingerprint density at radius 3 is 2.60 bits per heavy atom. The van der Waals surface area contributed by atoms with Gasteiger partial charge in [-0.05, 0) is 14.0 Å². The maximum Gasteiger partial charge on any atom is 0.0726 e. The molecule has 0 bridgehead atoms. The highest BCUT2D eigenvalue weighted by Crippen LogP contribution is 2.30. The fourth-order valence-corrected chi connectivity index (χ4v) is 2.39. The number of ether oxygens (including phenoxy) is 1. The summed E-state index contributed by atoms with van der Waals surface area (Å²) in [6.07, 6.45) is 2.09. The lowest BCUT2D eigenvalue weighted by Crippen LogP contribution is -2.34. The van der Waals surface area contributed by atoms with Gasteiger partial charge in [0.25, 0.3) is 0 Å². The number of hydrogen-bond donors (Lipinski definition) is 1. The third-order valence-electron chi connectivity index (χ3n) is 3.47. The second-order valence-corrected chi connectivity index (χ2v) is 6.29. The number of rotatable bonds is 7. The summed E-state index contributed by atoms with van der Waals surface area (Å²) in [7, 11) is 4.06. The molecule has 0 aliphatic carbocycles. The first-order chi connectivity index (χ1) is 9.31. The monoisotopic (exact) mass is 282 g/mol. The number of nitrogens with two attached hydrogens (primary N) is 1. The highest BCUT2D eigenvalue weighted by Gasteiger charge is 2.27. The van der Waals surface area contributed by atoms with Crippen LogP contribution in [0, 0.1) is 0 Å². The third kappa shape index (κ3) is 4.30. The molecule has 0 aliphatic rings. The van der Waals surface area contributed by atoms with Gasteiger partial charge >= 0.3 is 0 Å². The molecule has 116 valence electrons. The Labute approximate surface area is 123 Å². The minimum absolute atomic E-state index is 0.0186. The van der Waals surface area contributed by atoms with Crippen LogP contribution in [-0.4, -0.2) is 48.0 Å². The molecule has 0 saturated carbocycles. The molecular formula is C15H30N4O. The summed E-state index contributed by atoms with van der Waals surface area (Å²) < 4.78 is 7.32. The minimum Gasteiger partial charge on any atom is -0.380 e. The highest BCUT2D eigenvalue weighted by atomic mass is 16.5. The molecular weight excluding hydrogens is 252 g/mol. The van der Waals surface area contributed by atoms with Crippen LogP contribution in [0.5, 0.6) is 0 Å². The number of likely N-dealkylation sites (N-methyl/N-ethyl adjacent to an activating group) is 1. The topological polar surface area (TPSA) is 56.3 Å². The fraction of sp³-hybridized carbons (Fsp3) is 0.800. The van der Waals surface area contributed by atoms with Gasteiger partial charge in [0, 0.05) is 43.9 Å². The summed E-state index contributed by atoms with van der Waals surface area (Å²) in [5.41, 5.74) is 8.38. The predicted octanol–water partition coefficient (Wildman–Crippen LogP) is 1.69. The molecule has 5 nitrogen and oxygen atoms in total. The maximum absolute atomic E-state index is 6.01. The zero-order chi connectivity index (χ0) is 15.3. The average Bonchev–Trinajstić information content (AvgIpc) is 2.72. The lowest BCUT2D eigenvalue weighted by atomic mass is 9.87. The van der Waals surface area contributed by atoms with Crippen molar-refractivity contribution in [3.8, 4) is 0 Å². The van der Waals surface area contributed by atoms with Crippen LogP contribution in [-0.2, 0) is 17.2 Å². The van der Waals surface area contributed by atoms with E-state index in [4.69, 9.17) is 10.5 Å². The molecule has 2 N–H and O–H groups in total. The Morgan fingerprint density at radius 1 is 1.45 bits per heavy atom. The Kier molecular flexibility index (Phi) is 6.17. The number of aryl methyl sites for hydroxylation is 1. The van der Waals surface area contributed by atoms with E-state index in [9.17, 15) is 0 Å². The molecule has 0 aromatic carbocycles. The van der Waals surface area contributed by atoms with Crippen molar-refractivity contribution in [1.82, 2.24) is 14.7 Å². The first kappa shape index (κ1) is 17.1. The molecule has 5 heteroatoms. The molecule has 1 rings (SSSR count). The van der Waals surface area contributed by atoms with Crippen LogP contribution in [0.25, 0.3) is 0 Å². The summed E-state index contributed by atoms with van der Waals surface area (Å²) in [5, 5.41) is 4.63. The number of hydrogen-bond acceptors (Lipinski definition) is 4. The van der Waals surface area contributed by atoms with Crippen molar-refractivity contribution in [3.05, 3.63) is 17.5 Å². The highest BCUT2D eigenvalue weighted by molar-refractivity contribution is 5.27. The first-order valence-electron chi connectivity index (χ1n) is 7.33. The van der Waals surface area contributed by atoms with E-state index in [2.05, 4.69) is 44.0 Å². The summed E-state index contributed by atoms with van der Waals surface area (Å²) >= 11 is 0. The van der Waals surface area contributed by atoms with Gasteiger partial charge < -0.3 is 10.5 Å². The van der Waals surface area contributed by atoms with Crippen LogP contribution in [0.3, 0.4) is 0 Å². The summed E-state index contributed by atoms with van der Waals surface area (Å²) in [6, 6.07) is 0.179. The largest absolute Gasteiger partial charge is 0.380 e. The van der Waals surface area contributed by atoms with Crippen LogP contribution in [0.2, 0.25) is 0 Å². The van der Waals surface area contributed by atoms with Gasteiger partial charge in [0.05, 0.1) is 18.3 Å². The van der Waals surface area contributed by atoms with Crippen molar-refractivity contribution in [2.75, 3.05) is 33.4 Å².